The van der Waals surface area contributed by atoms with Gasteiger partial charge >= 0.3 is 6.09 Å². The SMILES string of the molecule is CN(C(N)=S)[C@@H]1CN(c2ccc(Cc3ccccc3)cc2)C(=O)O1. The van der Waals surface area contributed by atoms with E-state index in [9.17, 15) is 4.79 Å². The predicted octanol–water partition coefficient (Wildman–Crippen LogP) is 2.74. The maximum atomic E-state index is 12.1. The molecule has 0 unspecified atom stereocenters. The molecule has 2 aromatic carbocycles. The van der Waals surface area contributed by atoms with Gasteiger partial charge in [0.2, 0.25) is 0 Å². The first-order chi connectivity index (χ1) is 11.5. The molecule has 1 fully saturated rings. The number of carbonyl (C=O) groups is 1. The summed E-state index contributed by atoms with van der Waals surface area (Å²) in [6.45, 7) is 0.394. The van der Waals surface area contributed by atoms with Gasteiger partial charge in [0, 0.05) is 12.7 Å². The Morgan fingerprint density at radius 1 is 1.21 bits per heavy atom. The van der Waals surface area contributed by atoms with Crippen molar-refractivity contribution in [3.63, 3.8) is 0 Å². The number of ether oxygens (including phenoxy) is 1. The molecule has 5 nitrogen and oxygen atoms in total. The molecule has 1 heterocycles. The first kappa shape index (κ1) is 16.3. The standard InChI is InChI=1S/C18H19N3O2S/c1-20(17(19)24)16-12-21(18(22)23-16)15-9-7-14(8-10-15)11-13-5-3-2-4-6-13/h2-10,16H,11-12H2,1H3,(H2,19,24)/t16-/m0/s1. The Bertz CT molecular complexity index is 734. The molecule has 2 aromatic rings. The Kier molecular flexibility index (Phi) is 4.66. The second kappa shape index (κ2) is 6.88. The van der Waals surface area contributed by atoms with Gasteiger partial charge in [-0.15, -0.1) is 0 Å². The van der Waals surface area contributed by atoms with Crippen LogP contribution in [-0.4, -0.2) is 35.9 Å². The summed E-state index contributed by atoms with van der Waals surface area (Å²) in [5, 5.41) is 0.202. The minimum absolute atomic E-state index is 0.202. The topological polar surface area (TPSA) is 58.8 Å². The molecule has 24 heavy (non-hydrogen) atoms. The number of hydrogen-bond acceptors (Lipinski definition) is 3. The van der Waals surface area contributed by atoms with Crippen molar-refractivity contribution >= 4 is 29.1 Å². The van der Waals surface area contributed by atoms with Crippen LogP contribution in [0.4, 0.5) is 10.5 Å². The maximum Gasteiger partial charge on any atom is 0.416 e. The molecule has 2 N–H and O–H groups in total. The molecule has 1 saturated heterocycles. The molecular formula is C18H19N3O2S. The summed E-state index contributed by atoms with van der Waals surface area (Å²) in [5.74, 6) is 0. The third-order valence-electron chi connectivity index (χ3n) is 4.07. The zero-order valence-electron chi connectivity index (χ0n) is 13.4. The largest absolute Gasteiger partial charge is 0.423 e. The van der Waals surface area contributed by atoms with E-state index >= 15 is 0 Å². The molecule has 0 aliphatic carbocycles. The average molecular weight is 341 g/mol. The van der Waals surface area contributed by atoms with Crippen LogP contribution >= 0.6 is 12.2 Å². The first-order valence-electron chi connectivity index (χ1n) is 7.68. The van der Waals surface area contributed by atoms with Crippen LogP contribution in [0.2, 0.25) is 0 Å². The van der Waals surface area contributed by atoms with E-state index < -0.39 is 6.23 Å². The van der Waals surface area contributed by atoms with Crippen molar-refractivity contribution in [1.29, 1.82) is 0 Å². The van der Waals surface area contributed by atoms with Gasteiger partial charge in [-0.25, -0.2) is 4.79 Å². The lowest BCUT2D eigenvalue weighted by Gasteiger charge is -2.22. The van der Waals surface area contributed by atoms with Gasteiger partial charge in [-0.2, -0.15) is 0 Å². The van der Waals surface area contributed by atoms with E-state index in [1.165, 1.54) is 11.1 Å². The number of nitrogens with two attached hydrogens (primary N) is 1. The molecule has 0 bridgehead atoms. The molecule has 0 saturated carbocycles. The Morgan fingerprint density at radius 2 is 1.83 bits per heavy atom. The van der Waals surface area contributed by atoms with E-state index in [0.717, 1.165) is 12.1 Å². The van der Waals surface area contributed by atoms with Gasteiger partial charge < -0.3 is 15.4 Å². The van der Waals surface area contributed by atoms with Gasteiger partial charge in [0.15, 0.2) is 11.3 Å². The normalized spacial score (nSPS) is 16.8. The highest BCUT2D eigenvalue weighted by Gasteiger charge is 2.35. The van der Waals surface area contributed by atoms with E-state index in [4.69, 9.17) is 22.7 Å². The minimum atomic E-state index is -0.459. The van der Waals surface area contributed by atoms with Crippen molar-refractivity contribution in [3.8, 4) is 0 Å². The summed E-state index contributed by atoms with van der Waals surface area (Å²) < 4.78 is 5.32. The van der Waals surface area contributed by atoms with Crippen LogP contribution in [0, 0.1) is 0 Å². The highest BCUT2D eigenvalue weighted by molar-refractivity contribution is 7.80. The number of likely N-dealkylation sites (N-methyl/N-ethyl adjacent to an activating group) is 1. The van der Waals surface area contributed by atoms with E-state index in [-0.39, 0.29) is 11.2 Å². The van der Waals surface area contributed by atoms with Crippen LogP contribution in [0.25, 0.3) is 0 Å². The van der Waals surface area contributed by atoms with Crippen molar-refractivity contribution in [3.05, 3.63) is 65.7 Å². The van der Waals surface area contributed by atoms with Crippen molar-refractivity contribution in [2.24, 2.45) is 5.73 Å². The third-order valence-corrected chi connectivity index (χ3v) is 4.36. The molecule has 0 aromatic heterocycles. The number of rotatable bonds is 4. The Labute approximate surface area is 146 Å². The third kappa shape index (κ3) is 3.49. The summed E-state index contributed by atoms with van der Waals surface area (Å²) in [6.07, 6.45) is 0.0103. The van der Waals surface area contributed by atoms with Crippen molar-refractivity contribution < 1.29 is 9.53 Å². The fourth-order valence-electron chi connectivity index (χ4n) is 2.63. The predicted molar refractivity (Wildman–Crippen MR) is 97.9 cm³/mol. The molecule has 6 heteroatoms. The molecule has 1 aliphatic heterocycles. The molecule has 1 atom stereocenters. The minimum Gasteiger partial charge on any atom is -0.423 e. The molecule has 0 spiro atoms. The van der Waals surface area contributed by atoms with E-state index in [2.05, 4.69) is 12.1 Å². The molecular weight excluding hydrogens is 322 g/mol. The highest BCUT2D eigenvalue weighted by Crippen LogP contribution is 2.23. The monoisotopic (exact) mass is 341 g/mol. The lowest BCUT2D eigenvalue weighted by atomic mass is 10.0. The van der Waals surface area contributed by atoms with E-state index in [1.54, 1.807) is 16.8 Å². The lowest BCUT2D eigenvalue weighted by molar-refractivity contribution is 0.0790. The number of nitrogens with zero attached hydrogens (tertiary/aromatic N) is 2. The van der Waals surface area contributed by atoms with Crippen LogP contribution in [-0.2, 0) is 11.2 Å². The van der Waals surface area contributed by atoms with Crippen LogP contribution in [0.3, 0.4) is 0 Å². The van der Waals surface area contributed by atoms with Gasteiger partial charge in [0.25, 0.3) is 0 Å². The molecule has 124 valence electrons. The number of carbonyl (C=O) groups excluding carboxylic acids is 1. The highest BCUT2D eigenvalue weighted by atomic mass is 32.1. The van der Waals surface area contributed by atoms with Crippen molar-refractivity contribution in [2.75, 3.05) is 18.5 Å². The summed E-state index contributed by atoms with van der Waals surface area (Å²) in [5.41, 5.74) is 8.83. The second-order valence-electron chi connectivity index (χ2n) is 5.73. The number of thiocarbonyl (C=S) groups is 1. The first-order valence-corrected chi connectivity index (χ1v) is 8.08. The van der Waals surface area contributed by atoms with Gasteiger partial charge in [-0.1, -0.05) is 42.5 Å². The van der Waals surface area contributed by atoms with Crippen molar-refractivity contribution in [2.45, 2.75) is 12.6 Å². The summed E-state index contributed by atoms with van der Waals surface area (Å²) in [7, 11) is 1.72. The fourth-order valence-corrected chi connectivity index (χ4v) is 2.75. The number of benzene rings is 2. The molecule has 3 rings (SSSR count). The van der Waals surface area contributed by atoms with Gasteiger partial charge in [0.05, 0.1) is 6.54 Å². The molecule has 0 radical (unpaired) electrons. The zero-order valence-corrected chi connectivity index (χ0v) is 14.2. The Balaban J connectivity index is 1.69. The van der Waals surface area contributed by atoms with Gasteiger partial charge in [0.1, 0.15) is 0 Å². The summed E-state index contributed by atoms with van der Waals surface area (Å²) in [6, 6.07) is 18.2. The zero-order chi connectivity index (χ0) is 17.1. The number of cyclic esters (lactones) is 1. The van der Waals surface area contributed by atoms with E-state index in [1.807, 2.05) is 42.5 Å². The number of amides is 1. The van der Waals surface area contributed by atoms with Crippen LogP contribution < -0.4 is 10.6 Å². The smallest absolute Gasteiger partial charge is 0.416 e. The Hall–Kier alpha value is -2.60. The molecule has 1 aliphatic rings. The van der Waals surface area contributed by atoms with E-state index in [0.29, 0.717) is 6.54 Å². The summed E-state index contributed by atoms with van der Waals surface area (Å²) >= 11 is 4.92. The maximum absolute atomic E-state index is 12.1. The molecule has 1 amide bonds. The quantitative estimate of drug-likeness (QED) is 0.867. The van der Waals surface area contributed by atoms with Crippen LogP contribution in [0.5, 0.6) is 0 Å². The van der Waals surface area contributed by atoms with Gasteiger partial charge in [-0.05, 0) is 41.9 Å². The number of anilines is 1. The second-order valence-corrected chi connectivity index (χ2v) is 6.15. The Morgan fingerprint density at radius 3 is 2.46 bits per heavy atom. The lowest BCUT2D eigenvalue weighted by Crippen LogP contribution is -2.42. The summed E-state index contributed by atoms with van der Waals surface area (Å²) in [4.78, 5) is 15.3. The van der Waals surface area contributed by atoms with Crippen LogP contribution in [0.15, 0.2) is 54.6 Å². The van der Waals surface area contributed by atoms with Crippen LogP contribution in [0.1, 0.15) is 11.1 Å². The average Bonchev–Trinajstić information content (AvgIpc) is 2.97. The van der Waals surface area contributed by atoms with Gasteiger partial charge in [-0.3, -0.25) is 4.90 Å². The van der Waals surface area contributed by atoms with Crippen molar-refractivity contribution in [1.82, 2.24) is 4.90 Å². The fraction of sp³-hybridized carbons (Fsp3) is 0.222. The number of hydrogen-bond donors (Lipinski definition) is 1.